The fraction of sp³-hybridized carbons (Fsp3) is 0.571. The number of carbonyl (C=O) groups excluding carboxylic acids is 2. The first-order chi connectivity index (χ1) is 8.45. The van der Waals surface area contributed by atoms with Gasteiger partial charge in [0.1, 0.15) is 13.2 Å². The molecule has 0 saturated heterocycles. The first-order valence-corrected chi connectivity index (χ1v) is 5.73. The highest BCUT2D eigenvalue weighted by Crippen LogP contribution is 2.28. The van der Waals surface area contributed by atoms with Gasteiger partial charge < -0.3 is 9.47 Å². The Kier molecular flexibility index (Phi) is 7.53. The van der Waals surface area contributed by atoms with Crippen molar-refractivity contribution in [3.8, 4) is 11.8 Å². The molecular weight excluding hydrogens is 232 g/mol. The van der Waals surface area contributed by atoms with Crippen molar-refractivity contribution in [2.75, 3.05) is 13.2 Å². The van der Waals surface area contributed by atoms with Crippen LogP contribution in [-0.2, 0) is 19.1 Å². The normalized spacial score (nSPS) is 9.94. The van der Waals surface area contributed by atoms with Gasteiger partial charge in [-0.3, -0.25) is 9.59 Å². The molecule has 0 aliphatic carbocycles. The van der Waals surface area contributed by atoms with E-state index in [0.29, 0.717) is 12.8 Å². The smallest absolute Gasteiger partial charge is 0.302 e. The molecule has 0 spiro atoms. The molecule has 0 heterocycles. The number of allylic oxidation sites excluding steroid dienone is 1. The number of carbonyl (C=O) groups is 2. The van der Waals surface area contributed by atoms with E-state index in [9.17, 15) is 9.59 Å². The summed E-state index contributed by atoms with van der Waals surface area (Å²) in [4.78, 5) is 21.8. The molecule has 0 rings (SSSR count). The lowest BCUT2D eigenvalue weighted by Gasteiger charge is -2.29. The fourth-order valence-electron chi connectivity index (χ4n) is 1.43. The Morgan fingerprint density at radius 1 is 1.22 bits per heavy atom. The summed E-state index contributed by atoms with van der Waals surface area (Å²) in [6.07, 6.45) is 2.75. The van der Waals surface area contributed by atoms with E-state index in [1.807, 2.05) is 0 Å². The molecule has 0 amide bonds. The van der Waals surface area contributed by atoms with Crippen LogP contribution in [0.4, 0.5) is 0 Å². The Balaban J connectivity index is 4.84. The molecular formula is C14H20O4. The Hall–Kier alpha value is -1.76. The van der Waals surface area contributed by atoms with Crippen molar-refractivity contribution in [1.29, 1.82) is 0 Å². The van der Waals surface area contributed by atoms with Crippen LogP contribution in [0.5, 0.6) is 0 Å². The van der Waals surface area contributed by atoms with Gasteiger partial charge in [-0.1, -0.05) is 6.08 Å². The molecule has 0 aliphatic heterocycles. The van der Waals surface area contributed by atoms with Crippen LogP contribution in [0.15, 0.2) is 12.7 Å². The van der Waals surface area contributed by atoms with Crippen LogP contribution < -0.4 is 0 Å². The van der Waals surface area contributed by atoms with Crippen molar-refractivity contribution >= 4 is 11.9 Å². The lowest BCUT2D eigenvalue weighted by molar-refractivity contribution is -0.151. The summed E-state index contributed by atoms with van der Waals surface area (Å²) < 4.78 is 10.1. The number of rotatable bonds is 7. The summed E-state index contributed by atoms with van der Waals surface area (Å²) >= 11 is 0. The van der Waals surface area contributed by atoms with Crippen LogP contribution in [0.2, 0.25) is 0 Å². The summed E-state index contributed by atoms with van der Waals surface area (Å²) in [6.45, 7) is 8.42. The minimum absolute atomic E-state index is 0.163. The molecule has 0 aromatic rings. The number of esters is 2. The quantitative estimate of drug-likeness (QED) is 0.395. The highest BCUT2D eigenvalue weighted by atomic mass is 16.5. The molecule has 100 valence electrons. The molecule has 4 nitrogen and oxygen atoms in total. The summed E-state index contributed by atoms with van der Waals surface area (Å²) in [7, 11) is 0. The molecule has 0 saturated carbocycles. The monoisotopic (exact) mass is 252 g/mol. The molecule has 0 fully saturated rings. The third-order valence-corrected chi connectivity index (χ3v) is 2.38. The molecule has 0 N–H and O–H groups in total. The van der Waals surface area contributed by atoms with Crippen LogP contribution in [0.3, 0.4) is 0 Å². The highest BCUT2D eigenvalue weighted by Gasteiger charge is 2.31. The minimum atomic E-state index is -0.512. The molecule has 0 aromatic carbocycles. The molecule has 0 aromatic heterocycles. The van der Waals surface area contributed by atoms with Gasteiger partial charge in [0.15, 0.2) is 0 Å². The highest BCUT2D eigenvalue weighted by molar-refractivity contribution is 5.66. The minimum Gasteiger partial charge on any atom is -0.465 e. The van der Waals surface area contributed by atoms with Gasteiger partial charge in [-0.2, -0.15) is 0 Å². The zero-order valence-corrected chi connectivity index (χ0v) is 11.2. The number of ether oxygens (including phenoxy) is 2. The SMILES string of the molecule is C=CCC(CC#CC)(COC(C)=O)COC(C)=O. The second-order valence-electron chi connectivity index (χ2n) is 4.16. The molecule has 0 unspecified atom stereocenters. The summed E-state index contributed by atoms with van der Waals surface area (Å²) in [5.41, 5.74) is -0.512. The van der Waals surface area contributed by atoms with Crippen molar-refractivity contribution in [1.82, 2.24) is 0 Å². The van der Waals surface area contributed by atoms with Crippen molar-refractivity contribution in [2.24, 2.45) is 5.41 Å². The molecule has 0 aliphatic rings. The van der Waals surface area contributed by atoms with Crippen molar-refractivity contribution in [2.45, 2.75) is 33.6 Å². The van der Waals surface area contributed by atoms with E-state index in [-0.39, 0.29) is 25.2 Å². The fourth-order valence-corrected chi connectivity index (χ4v) is 1.43. The van der Waals surface area contributed by atoms with Gasteiger partial charge in [0.25, 0.3) is 0 Å². The number of hydrogen-bond donors (Lipinski definition) is 0. The van der Waals surface area contributed by atoms with Gasteiger partial charge >= 0.3 is 11.9 Å². The maximum atomic E-state index is 10.9. The zero-order valence-electron chi connectivity index (χ0n) is 11.2. The van der Waals surface area contributed by atoms with E-state index < -0.39 is 5.41 Å². The average molecular weight is 252 g/mol. The van der Waals surface area contributed by atoms with Gasteiger partial charge in [0.05, 0.1) is 5.41 Å². The molecule has 18 heavy (non-hydrogen) atoms. The van der Waals surface area contributed by atoms with Gasteiger partial charge in [-0.25, -0.2) is 0 Å². The van der Waals surface area contributed by atoms with Crippen LogP contribution in [-0.4, -0.2) is 25.2 Å². The van der Waals surface area contributed by atoms with Crippen LogP contribution in [0, 0.1) is 17.3 Å². The summed E-state index contributed by atoms with van der Waals surface area (Å²) in [5.74, 6) is 5.00. The maximum absolute atomic E-state index is 10.9. The summed E-state index contributed by atoms with van der Waals surface area (Å²) in [5, 5.41) is 0. The van der Waals surface area contributed by atoms with E-state index in [2.05, 4.69) is 18.4 Å². The van der Waals surface area contributed by atoms with E-state index in [0.717, 1.165) is 0 Å². The molecule has 0 bridgehead atoms. The molecule has 4 heteroatoms. The van der Waals surface area contributed by atoms with Gasteiger partial charge in [-0.15, -0.1) is 18.4 Å². The lowest BCUT2D eigenvalue weighted by Crippen LogP contribution is -2.33. The predicted octanol–water partition coefficient (Wildman–Crippen LogP) is 2.09. The second-order valence-corrected chi connectivity index (χ2v) is 4.16. The summed E-state index contributed by atoms with van der Waals surface area (Å²) in [6, 6.07) is 0. The van der Waals surface area contributed by atoms with Crippen molar-refractivity contribution < 1.29 is 19.1 Å². The Morgan fingerprint density at radius 2 is 1.72 bits per heavy atom. The first-order valence-electron chi connectivity index (χ1n) is 5.73. The first kappa shape index (κ1) is 16.2. The Morgan fingerprint density at radius 3 is 2.06 bits per heavy atom. The lowest BCUT2D eigenvalue weighted by atomic mass is 9.83. The van der Waals surface area contributed by atoms with Crippen molar-refractivity contribution in [3.63, 3.8) is 0 Å². The zero-order chi connectivity index (χ0) is 14.0. The third-order valence-electron chi connectivity index (χ3n) is 2.38. The van der Waals surface area contributed by atoms with Crippen molar-refractivity contribution in [3.05, 3.63) is 12.7 Å². The standard InChI is InChI=1S/C14H20O4/c1-5-7-9-14(8-6-2,10-17-12(3)15)11-18-13(4)16/h6H,2,8-11H2,1,3-4H3. The maximum Gasteiger partial charge on any atom is 0.302 e. The molecule has 0 atom stereocenters. The van der Waals surface area contributed by atoms with Crippen LogP contribution in [0.1, 0.15) is 33.6 Å². The van der Waals surface area contributed by atoms with E-state index >= 15 is 0 Å². The number of hydrogen-bond acceptors (Lipinski definition) is 4. The van der Waals surface area contributed by atoms with Crippen LogP contribution in [0.25, 0.3) is 0 Å². The largest absolute Gasteiger partial charge is 0.465 e. The van der Waals surface area contributed by atoms with Gasteiger partial charge in [0.2, 0.25) is 0 Å². The van der Waals surface area contributed by atoms with E-state index in [4.69, 9.17) is 9.47 Å². The van der Waals surface area contributed by atoms with E-state index in [1.165, 1.54) is 13.8 Å². The molecule has 0 radical (unpaired) electrons. The predicted molar refractivity (Wildman–Crippen MR) is 68.6 cm³/mol. The Labute approximate surface area is 108 Å². The van der Waals surface area contributed by atoms with E-state index in [1.54, 1.807) is 13.0 Å². The van der Waals surface area contributed by atoms with Gasteiger partial charge in [-0.05, 0) is 13.3 Å². The van der Waals surface area contributed by atoms with Crippen LogP contribution >= 0.6 is 0 Å². The van der Waals surface area contributed by atoms with Gasteiger partial charge in [0, 0.05) is 20.3 Å². The topological polar surface area (TPSA) is 52.6 Å². The second kappa shape index (κ2) is 8.35. The third kappa shape index (κ3) is 6.74. The Bertz CT molecular complexity index is 342. The average Bonchev–Trinajstić information content (AvgIpc) is 2.31.